The molecule has 5 nitrogen and oxygen atoms in total. The lowest BCUT2D eigenvalue weighted by Crippen LogP contribution is -2.44. The SMILES string of the molecule is CC(c1ccco1)N(C(=O)C1CCN(c2ncc(C(F)(F)F)cc2Cl)CC1)C1CC1. The van der Waals surface area contributed by atoms with Crippen LogP contribution in [0.5, 0.6) is 0 Å². The highest BCUT2D eigenvalue weighted by Crippen LogP contribution is 2.38. The number of alkyl halides is 3. The van der Waals surface area contributed by atoms with Crippen LogP contribution in [0.4, 0.5) is 19.0 Å². The highest BCUT2D eigenvalue weighted by atomic mass is 35.5. The van der Waals surface area contributed by atoms with Gasteiger partial charge in [-0.05, 0) is 50.8 Å². The first-order valence-electron chi connectivity index (χ1n) is 10.1. The minimum atomic E-state index is -4.48. The highest BCUT2D eigenvalue weighted by Gasteiger charge is 2.41. The summed E-state index contributed by atoms with van der Waals surface area (Å²) in [6, 6.07) is 4.74. The Morgan fingerprint density at radius 2 is 2.00 bits per heavy atom. The summed E-state index contributed by atoms with van der Waals surface area (Å²) < 4.78 is 44.0. The molecular formula is C21H23ClF3N3O2. The van der Waals surface area contributed by atoms with Gasteiger partial charge in [0.15, 0.2) is 0 Å². The van der Waals surface area contributed by atoms with Crippen molar-refractivity contribution in [2.45, 2.75) is 50.9 Å². The molecule has 2 aromatic heterocycles. The van der Waals surface area contributed by atoms with Crippen molar-refractivity contribution in [2.24, 2.45) is 5.92 Å². The third-order valence-electron chi connectivity index (χ3n) is 5.86. The van der Waals surface area contributed by atoms with E-state index in [0.29, 0.717) is 31.7 Å². The van der Waals surface area contributed by atoms with Crippen molar-refractivity contribution in [2.75, 3.05) is 18.0 Å². The Morgan fingerprint density at radius 3 is 2.53 bits per heavy atom. The molecule has 30 heavy (non-hydrogen) atoms. The van der Waals surface area contributed by atoms with Gasteiger partial charge >= 0.3 is 6.18 Å². The molecule has 1 saturated heterocycles. The zero-order chi connectivity index (χ0) is 21.5. The summed E-state index contributed by atoms with van der Waals surface area (Å²) in [7, 11) is 0. The number of carbonyl (C=O) groups excluding carboxylic acids is 1. The molecule has 0 bridgehead atoms. The average molecular weight is 442 g/mol. The molecule has 3 heterocycles. The van der Waals surface area contributed by atoms with Crippen molar-refractivity contribution in [1.82, 2.24) is 9.88 Å². The number of rotatable bonds is 5. The van der Waals surface area contributed by atoms with E-state index in [0.717, 1.165) is 30.9 Å². The van der Waals surface area contributed by atoms with Crippen LogP contribution in [0, 0.1) is 5.92 Å². The predicted octanol–water partition coefficient (Wildman–Crippen LogP) is 5.32. The van der Waals surface area contributed by atoms with Crippen molar-refractivity contribution < 1.29 is 22.4 Å². The number of anilines is 1. The van der Waals surface area contributed by atoms with Crippen LogP contribution in [-0.4, -0.2) is 34.9 Å². The zero-order valence-electron chi connectivity index (χ0n) is 16.5. The monoisotopic (exact) mass is 441 g/mol. The minimum Gasteiger partial charge on any atom is -0.467 e. The third kappa shape index (κ3) is 4.29. The summed E-state index contributed by atoms with van der Waals surface area (Å²) in [5.41, 5.74) is -0.867. The molecule has 0 spiro atoms. The van der Waals surface area contributed by atoms with Crippen molar-refractivity contribution >= 4 is 23.3 Å². The molecule has 2 fully saturated rings. The van der Waals surface area contributed by atoms with Crippen LogP contribution in [0.3, 0.4) is 0 Å². The predicted molar refractivity (Wildman–Crippen MR) is 106 cm³/mol. The molecule has 2 aliphatic rings. The fourth-order valence-electron chi connectivity index (χ4n) is 4.07. The molecule has 1 amide bonds. The maximum Gasteiger partial charge on any atom is 0.417 e. The Labute approximate surface area is 177 Å². The number of hydrogen-bond acceptors (Lipinski definition) is 4. The highest BCUT2D eigenvalue weighted by molar-refractivity contribution is 6.33. The minimum absolute atomic E-state index is 0.0272. The summed E-state index contributed by atoms with van der Waals surface area (Å²) in [6.07, 6.45) is 1.14. The molecule has 4 rings (SSSR count). The van der Waals surface area contributed by atoms with Gasteiger partial charge in [-0.25, -0.2) is 4.98 Å². The topological polar surface area (TPSA) is 49.6 Å². The van der Waals surface area contributed by atoms with E-state index in [9.17, 15) is 18.0 Å². The fraction of sp³-hybridized carbons (Fsp3) is 0.524. The molecule has 0 aromatic carbocycles. The molecule has 1 aliphatic carbocycles. The Bertz CT molecular complexity index is 891. The number of furan rings is 1. The standard InChI is InChI=1S/C21H23ClF3N3O2/c1-13(18-3-2-10-30-18)28(16-4-5-16)20(29)14-6-8-27(9-7-14)19-17(22)11-15(12-26-19)21(23,24)25/h2-3,10-14,16H,4-9H2,1H3. The normalized spacial score (nSPS) is 19.0. The first-order valence-corrected chi connectivity index (χ1v) is 10.5. The smallest absolute Gasteiger partial charge is 0.417 e. The number of carbonyl (C=O) groups is 1. The second-order valence-corrected chi connectivity index (χ2v) is 8.36. The Hall–Kier alpha value is -2.22. The van der Waals surface area contributed by atoms with Gasteiger partial charge in [0.05, 0.1) is 22.9 Å². The summed E-state index contributed by atoms with van der Waals surface area (Å²) in [5.74, 6) is 1.09. The zero-order valence-corrected chi connectivity index (χ0v) is 17.3. The van der Waals surface area contributed by atoms with Gasteiger partial charge in [-0.2, -0.15) is 13.2 Å². The number of pyridine rings is 1. The number of hydrogen-bond donors (Lipinski definition) is 0. The second-order valence-electron chi connectivity index (χ2n) is 7.96. The molecule has 0 N–H and O–H groups in total. The Balaban J connectivity index is 1.42. The molecule has 9 heteroatoms. The summed E-state index contributed by atoms with van der Waals surface area (Å²) in [4.78, 5) is 21.0. The van der Waals surface area contributed by atoms with Gasteiger partial charge in [0.2, 0.25) is 5.91 Å². The van der Waals surface area contributed by atoms with Gasteiger partial charge in [0, 0.05) is 31.2 Å². The van der Waals surface area contributed by atoms with Gasteiger partial charge in [-0.15, -0.1) is 0 Å². The van der Waals surface area contributed by atoms with E-state index < -0.39 is 11.7 Å². The van der Waals surface area contributed by atoms with Crippen LogP contribution in [0.2, 0.25) is 5.02 Å². The van der Waals surface area contributed by atoms with Gasteiger partial charge in [0.1, 0.15) is 11.6 Å². The van der Waals surface area contributed by atoms with Crippen molar-refractivity contribution in [1.29, 1.82) is 0 Å². The van der Waals surface area contributed by atoms with Crippen LogP contribution >= 0.6 is 11.6 Å². The maximum atomic E-state index is 13.3. The number of piperidine rings is 1. The quantitative estimate of drug-likeness (QED) is 0.630. The summed E-state index contributed by atoms with van der Waals surface area (Å²) in [5, 5.41) is -0.0272. The molecule has 1 unspecified atom stereocenters. The van der Waals surface area contributed by atoms with Crippen LogP contribution in [0.25, 0.3) is 0 Å². The van der Waals surface area contributed by atoms with E-state index in [1.807, 2.05) is 28.9 Å². The van der Waals surface area contributed by atoms with E-state index in [-0.39, 0.29) is 28.9 Å². The van der Waals surface area contributed by atoms with Crippen LogP contribution in [0.15, 0.2) is 35.1 Å². The van der Waals surface area contributed by atoms with Crippen molar-refractivity contribution in [3.8, 4) is 0 Å². The van der Waals surface area contributed by atoms with E-state index in [4.69, 9.17) is 16.0 Å². The molecule has 1 atom stereocenters. The second kappa shape index (κ2) is 8.13. The summed E-state index contributed by atoms with van der Waals surface area (Å²) in [6.45, 7) is 3.01. The number of nitrogens with zero attached hydrogens (tertiary/aromatic N) is 3. The lowest BCUT2D eigenvalue weighted by Gasteiger charge is -2.37. The van der Waals surface area contributed by atoms with Gasteiger partial charge in [-0.3, -0.25) is 4.79 Å². The van der Waals surface area contributed by atoms with E-state index in [1.165, 1.54) is 0 Å². The van der Waals surface area contributed by atoms with Gasteiger partial charge < -0.3 is 14.2 Å². The Kier molecular flexibility index (Phi) is 5.70. The van der Waals surface area contributed by atoms with Crippen LogP contribution in [0.1, 0.15) is 50.0 Å². The molecule has 0 radical (unpaired) electrons. The lowest BCUT2D eigenvalue weighted by molar-refractivity contribution is -0.140. The maximum absolute atomic E-state index is 13.3. The number of aromatic nitrogens is 1. The molecule has 1 aliphatic heterocycles. The van der Waals surface area contributed by atoms with Gasteiger partial charge in [-0.1, -0.05) is 11.6 Å². The van der Waals surface area contributed by atoms with E-state index >= 15 is 0 Å². The lowest BCUT2D eigenvalue weighted by atomic mass is 9.94. The van der Waals surface area contributed by atoms with Crippen LogP contribution < -0.4 is 4.90 Å². The Morgan fingerprint density at radius 1 is 1.30 bits per heavy atom. The molecule has 2 aromatic rings. The average Bonchev–Trinajstić information content (AvgIpc) is 3.38. The van der Waals surface area contributed by atoms with Crippen LogP contribution in [-0.2, 0) is 11.0 Å². The fourth-order valence-corrected chi connectivity index (χ4v) is 4.36. The van der Waals surface area contributed by atoms with Crippen molar-refractivity contribution in [3.63, 3.8) is 0 Å². The van der Waals surface area contributed by atoms with E-state index in [1.54, 1.807) is 6.26 Å². The summed E-state index contributed by atoms with van der Waals surface area (Å²) >= 11 is 6.08. The molecule has 1 saturated carbocycles. The van der Waals surface area contributed by atoms with Gasteiger partial charge in [0.25, 0.3) is 0 Å². The first-order chi connectivity index (χ1) is 14.3. The molecular weight excluding hydrogens is 419 g/mol. The van der Waals surface area contributed by atoms with Crippen molar-refractivity contribution in [3.05, 3.63) is 47.0 Å². The number of amides is 1. The first kappa shape index (κ1) is 21.0. The van der Waals surface area contributed by atoms with E-state index in [2.05, 4.69) is 4.98 Å². The third-order valence-corrected chi connectivity index (χ3v) is 6.14. The molecule has 162 valence electrons. The number of halogens is 4. The largest absolute Gasteiger partial charge is 0.467 e.